The van der Waals surface area contributed by atoms with E-state index in [0.717, 1.165) is 7.11 Å². The van der Waals surface area contributed by atoms with Gasteiger partial charge in [-0.1, -0.05) is 6.04 Å². The first-order valence-corrected chi connectivity index (χ1v) is 4.15. The first-order valence-electron chi connectivity index (χ1n) is 6.15. The number of aromatic hydroxyl groups is 2. The molecule has 1 aromatic carbocycles. The number of benzene rings is 1. The van der Waals surface area contributed by atoms with Crippen molar-refractivity contribution in [1.29, 1.82) is 0 Å². The lowest BCUT2D eigenvalue weighted by atomic mass is 10.0. The van der Waals surface area contributed by atoms with Crippen molar-refractivity contribution in [3.05, 3.63) is 23.7 Å². The summed E-state index contributed by atoms with van der Waals surface area (Å²) >= 11 is 0. The molecule has 1 aromatic rings. The highest BCUT2D eigenvalue weighted by molar-refractivity contribution is 5.76. The molecule has 2 atom stereocenters. The molecule has 88 valence electrons. The maximum Gasteiger partial charge on any atom is 0.325 e. The Bertz CT molecular complexity index is 534. The first-order chi connectivity index (χ1) is 9.07. The number of phenolic OH excluding ortho intramolecular Hbond substituents is 2. The molecular weight excluding hydrogens is 214 g/mol. The zero-order valence-corrected chi connectivity index (χ0v) is 8.31. The summed E-state index contributed by atoms with van der Waals surface area (Å²) in [5.41, 5.74) is 4.45. The number of phenols is 2. The van der Waals surface area contributed by atoms with E-state index in [-0.39, 0.29) is 0 Å². The second-order valence-corrected chi connectivity index (χ2v) is 2.83. The van der Waals surface area contributed by atoms with Gasteiger partial charge in [-0.25, -0.2) is 0 Å². The minimum Gasteiger partial charge on any atom is -0.504 e. The lowest BCUT2D eigenvalue weighted by molar-refractivity contribution is -0.145. The number of carbonyl (C=O) groups excluding carboxylic acids is 1. The lowest BCUT2D eigenvalue weighted by Gasteiger charge is -2.17. The highest BCUT2D eigenvalue weighted by Gasteiger charge is 2.25. The standard InChI is InChI=1S/C10H13NO5/c1-16-10(15)8(11)9(14)5-2-3-6(12)7(13)4-5/h2-4,8-9,12-14H,11H2,1H3/t8-,9-/m0/s1/i2D,3D,4D,9D. The van der Waals surface area contributed by atoms with Gasteiger partial charge in [-0.15, -0.1) is 0 Å². The third-order valence-electron chi connectivity index (χ3n) is 1.78. The Morgan fingerprint density at radius 2 is 2.19 bits per heavy atom. The van der Waals surface area contributed by atoms with Crippen LogP contribution in [-0.4, -0.2) is 34.4 Å². The van der Waals surface area contributed by atoms with Crippen LogP contribution in [0, 0.1) is 0 Å². The molecule has 0 aliphatic carbocycles. The summed E-state index contributed by atoms with van der Waals surface area (Å²) < 4.78 is 34.4. The highest BCUT2D eigenvalue weighted by atomic mass is 16.5. The minimum atomic E-state index is -2.98. The molecule has 0 bridgehead atoms. The Morgan fingerprint density at radius 3 is 2.75 bits per heavy atom. The second-order valence-electron chi connectivity index (χ2n) is 2.83. The Balaban J connectivity index is 3.58. The monoisotopic (exact) mass is 231 g/mol. The summed E-state index contributed by atoms with van der Waals surface area (Å²) in [5.74, 6) is -3.31. The predicted molar refractivity (Wildman–Crippen MR) is 54.7 cm³/mol. The molecule has 0 aromatic heterocycles. The first kappa shape index (κ1) is 7.48. The Kier molecular flexibility index (Phi) is 2.25. The zero-order valence-electron chi connectivity index (χ0n) is 12.3. The van der Waals surface area contributed by atoms with Crippen molar-refractivity contribution in [2.45, 2.75) is 12.1 Å². The minimum absolute atomic E-state index is 0.879. The van der Waals surface area contributed by atoms with Crippen LogP contribution < -0.4 is 5.73 Å². The highest BCUT2D eigenvalue weighted by Crippen LogP contribution is 2.28. The normalized spacial score (nSPS) is 19.7. The van der Waals surface area contributed by atoms with Crippen LogP contribution in [0.15, 0.2) is 18.1 Å². The van der Waals surface area contributed by atoms with Crippen LogP contribution in [0.5, 0.6) is 11.5 Å². The molecule has 0 fully saturated rings. The molecule has 0 heterocycles. The molecule has 0 unspecified atom stereocenters. The number of esters is 1. The molecule has 0 saturated heterocycles. The SMILES string of the molecule is [2H]c1c([2H])c([C@]([2H])(O)[C@H](N)C(=O)OC)c([2H])c(O)c1O. The lowest BCUT2D eigenvalue weighted by Crippen LogP contribution is -2.37. The fourth-order valence-corrected chi connectivity index (χ4v) is 0.912. The van der Waals surface area contributed by atoms with E-state index < -0.39 is 53.3 Å². The molecule has 0 aliphatic heterocycles. The zero-order chi connectivity index (χ0) is 15.8. The second kappa shape index (κ2) is 4.82. The van der Waals surface area contributed by atoms with Gasteiger partial charge in [-0.2, -0.15) is 0 Å². The fraction of sp³-hybridized carbons (Fsp3) is 0.300. The summed E-state index contributed by atoms with van der Waals surface area (Å²) in [5, 5.41) is 28.7. The third-order valence-corrected chi connectivity index (χ3v) is 1.78. The average Bonchev–Trinajstić information content (AvgIpc) is 2.41. The van der Waals surface area contributed by atoms with Gasteiger partial charge in [-0.3, -0.25) is 4.79 Å². The number of rotatable bonds is 3. The van der Waals surface area contributed by atoms with Gasteiger partial charge in [0.1, 0.15) is 12.1 Å². The molecule has 5 N–H and O–H groups in total. The summed E-state index contributed by atoms with van der Waals surface area (Å²) in [6, 6.07) is -4.75. The molecule has 16 heavy (non-hydrogen) atoms. The topological polar surface area (TPSA) is 113 Å². The summed E-state index contributed by atoms with van der Waals surface area (Å²) in [6.45, 7) is 0. The molecule has 1 rings (SSSR count). The smallest absolute Gasteiger partial charge is 0.325 e. The number of ether oxygens (including phenoxy) is 1. The van der Waals surface area contributed by atoms with Gasteiger partial charge in [0.25, 0.3) is 0 Å². The van der Waals surface area contributed by atoms with Gasteiger partial charge in [0.15, 0.2) is 11.5 Å². The van der Waals surface area contributed by atoms with Crippen LogP contribution in [0.25, 0.3) is 0 Å². The maximum absolute atomic E-state index is 11.3. The number of methoxy groups -OCH3 is 1. The van der Waals surface area contributed by atoms with E-state index in [1.165, 1.54) is 0 Å². The van der Waals surface area contributed by atoms with E-state index in [0.29, 0.717) is 0 Å². The van der Waals surface area contributed by atoms with Crippen molar-refractivity contribution in [2.75, 3.05) is 7.11 Å². The molecule has 0 amide bonds. The Morgan fingerprint density at radius 1 is 1.56 bits per heavy atom. The fourth-order valence-electron chi connectivity index (χ4n) is 0.912. The van der Waals surface area contributed by atoms with E-state index in [9.17, 15) is 20.1 Å². The van der Waals surface area contributed by atoms with Crippen molar-refractivity contribution in [3.63, 3.8) is 0 Å². The van der Waals surface area contributed by atoms with E-state index >= 15 is 0 Å². The molecule has 6 heteroatoms. The van der Waals surface area contributed by atoms with Gasteiger partial charge in [0.05, 0.1) is 12.6 Å². The van der Waals surface area contributed by atoms with Crippen LogP contribution in [0.1, 0.15) is 17.1 Å². The number of carbonyl (C=O) groups is 1. The van der Waals surface area contributed by atoms with Crippen LogP contribution in [0.2, 0.25) is 0 Å². The van der Waals surface area contributed by atoms with Crippen LogP contribution in [-0.2, 0) is 9.53 Å². The predicted octanol–water partition coefficient (Wildman–Crippen LogP) is -0.369. The molecular formula is C10H13NO5. The number of aliphatic hydroxyl groups is 1. The quantitative estimate of drug-likeness (QED) is 0.417. The Hall–Kier alpha value is -1.79. The van der Waals surface area contributed by atoms with Gasteiger partial charge in [-0.05, 0) is 17.6 Å². The summed E-state index contributed by atoms with van der Waals surface area (Å²) in [7, 11) is 0.964. The van der Waals surface area contributed by atoms with E-state index in [1.807, 2.05) is 0 Å². The Labute approximate surface area is 97.5 Å². The van der Waals surface area contributed by atoms with E-state index in [1.54, 1.807) is 0 Å². The van der Waals surface area contributed by atoms with Gasteiger partial charge in [0.2, 0.25) is 0 Å². The van der Waals surface area contributed by atoms with Gasteiger partial charge < -0.3 is 25.8 Å². The third kappa shape index (κ3) is 2.41. The molecule has 0 spiro atoms. The summed E-state index contributed by atoms with van der Waals surface area (Å²) in [4.78, 5) is 11.3. The number of hydrogen-bond acceptors (Lipinski definition) is 6. The van der Waals surface area contributed by atoms with E-state index in [4.69, 9.17) is 11.2 Å². The molecule has 6 nitrogen and oxygen atoms in total. The van der Waals surface area contributed by atoms with Crippen molar-refractivity contribution in [1.82, 2.24) is 0 Å². The van der Waals surface area contributed by atoms with Crippen LogP contribution in [0.4, 0.5) is 0 Å². The van der Waals surface area contributed by atoms with Crippen molar-refractivity contribution < 1.29 is 30.3 Å². The van der Waals surface area contributed by atoms with Crippen molar-refractivity contribution >= 4 is 5.97 Å². The number of hydrogen-bond donors (Lipinski definition) is 4. The molecule has 0 aliphatic rings. The maximum atomic E-state index is 11.3. The van der Waals surface area contributed by atoms with Gasteiger partial charge in [0, 0.05) is 0 Å². The van der Waals surface area contributed by atoms with Crippen LogP contribution >= 0.6 is 0 Å². The van der Waals surface area contributed by atoms with Crippen LogP contribution in [0.3, 0.4) is 0 Å². The average molecular weight is 231 g/mol. The molecule has 0 radical (unpaired) electrons. The van der Waals surface area contributed by atoms with Gasteiger partial charge >= 0.3 is 5.97 Å². The molecule has 0 saturated carbocycles. The number of nitrogens with two attached hydrogens (primary N) is 1. The van der Waals surface area contributed by atoms with E-state index in [2.05, 4.69) is 4.74 Å². The summed E-state index contributed by atoms with van der Waals surface area (Å²) in [6.07, 6.45) is -2.98. The largest absolute Gasteiger partial charge is 0.504 e. The van der Waals surface area contributed by atoms with Crippen molar-refractivity contribution in [3.8, 4) is 11.5 Å². The van der Waals surface area contributed by atoms with Crippen molar-refractivity contribution in [2.24, 2.45) is 5.73 Å².